The molecule has 0 radical (unpaired) electrons. The molecule has 0 unspecified atom stereocenters. The van der Waals surface area contributed by atoms with Crippen molar-refractivity contribution in [1.29, 1.82) is 0 Å². The molecule has 0 aromatic rings. The number of hydrogen-bond donors (Lipinski definition) is 1. The van der Waals surface area contributed by atoms with Crippen LogP contribution in [0.15, 0.2) is 11.1 Å². The standard InChI is InChI=1S/C10H20BrN/c1-8(2)10(4,5)7-12-6-9(3)11/h8,12H,3,6-7H2,1-2,4-5H3. The molecule has 0 saturated heterocycles. The van der Waals surface area contributed by atoms with Gasteiger partial charge in [0.05, 0.1) is 0 Å². The molecule has 0 heterocycles. The summed E-state index contributed by atoms with van der Waals surface area (Å²) in [5.41, 5.74) is 0.364. The van der Waals surface area contributed by atoms with Crippen molar-refractivity contribution in [1.82, 2.24) is 5.32 Å². The molecule has 0 rings (SSSR count). The Kier molecular flexibility index (Phi) is 5.10. The molecule has 12 heavy (non-hydrogen) atoms. The van der Waals surface area contributed by atoms with Crippen LogP contribution < -0.4 is 5.32 Å². The fourth-order valence-corrected chi connectivity index (χ4v) is 0.923. The maximum Gasteiger partial charge on any atom is 0.0265 e. The number of nitrogens with one attached hydrogen (secondary N) is 1. The highest BCUT2D eigenvalue weighted by Crippen LogP contribution is 2.24. The van der Waals surface area contributed by atoms with E-state index in [0.29, 0.717) is 11.3 Å². The van der Waals surface area contributed by atoms with Crippen molar-refractivity contribution in [2.75, 3.05) is 13.1 Å². The Hall–Kier alpha value is 0.180. The van der Waals surface area contributed by atoms with Crippen molar-refractivity contribution < 1.29 is 0 Å². The van der Waals surface area contributed by atoms with E-state index in [1.165, 1.54) is 0 Å². The summed E-state index contributed by atoms with van der Waals surface area (Å²) in [6, 6.07) is 0. The molecule has 0 aliphatic carbocycles. The van der Waals surface area contributed by atoms with Gasteiger partial charge in [-0.15, -0.1) is 0 Å². The summed E-state index contributed by atoms with van der Waals surface area (Å²) < 4.78 is 1.02. The van der Waals surface area contributed by atoms with Crippen LogP contribution >= 0.6 is 15.9 Å². The molecule has 0 bridgehead atoms. The average molecular weight is 234 g/mol. The lowest BCUT2D eigenvalue weighted by molar-refractivity contribution is 0.241. The molecule has 0 fully saturated rings. The topological polar surface area (TPSA) is 12.0 Å². The molecular formula is C10H20BrN. The Balaban J connectivity index is 3.69. The SMILES string of the molecule is C=C(Br)CNCC(C)(C)C(C)C. The summed E-state index contributed by atoms with van der Waals surface area (Å²) in [5.74, 6) is 0.702. The fraction of sp³-hybridized carbons (Fsp3) is 0.800. The van der Waals surface area contributed by atoms with Crippen LogP contribution in [0, 0.1) is 11.3 Å². The summed E-state index contributed by atoms with van der Waals surface area (Å²) in [4.78, 5) is 0. The minimum absolute atomic E-state index is 0.364. The van der Waals surface area contributed by atoms with Crippen LogP contribution in [-0.2, 0) is 0 Å². The van der Waals surface area contributed by atoms with E-state index in [1.54, 1.807) is 0 Å². The van der Waals surface area contributed by atoms with Crippen molar-refractivity contribution >= 4 is 15.9 Å². The van der Waals surface area contributed by atoms with E-state index in [2.05, 4.69) is 55.5 Å². The van der Waals surface area contributed by atoms with Crippen molar-refractivity contribution in [2.24, 2.45) is 11.3 Å². The second-order valence-electron chi connectivity index (χ2n) is 4.26. The normalized spacial score (nSPS) is 12.2. The summed E-state index contributed by atoms with van der Waals surface area (Å²) in [6.07, 6.45) is 0. The van der Waals surface area contributed by atoms with E-state index in [-0.39, 0.29) is 0 Å². The summed E-state index contributed by atoms with van der Waals surface area (Å²) >= 11 is 3.32. The minimum Gasteiger partial charge on any atom is -0.312 e. The molecule has 0 aromatic carbocycles. The van der Waals surface area contributed by atoms with Crippen molar-refractivity contribution in [3.05, 3.63) is 11.1 Å². The number of rotatable bonds is 5. The third-order valence-electron chi connectivity index (χ3n) is 2.46. The zero-order valence-electron chi connectivity index (χ0n) is 8.58. The monoisotopic (exact) mass is 233 g/mol. The first kappa shape index (κ1) is 12.2. The summed E-state index contributed by atoms with van der Waals surface area (Å²) in [5, 5.41) is 3.36. The second kappa shape index (κ2) is 5.03. The van der Waals surface area contributed by atoms with Crippen LogP contribution in [0.3, 0.4) is 0 Å². The molecular weight excluding hydrogens is 214 g/mol. The highest BCUT2D eigenvalue weighted by Gasteiger charge is 2.21. The third kappa shape index (κ3) is 4.94. The van der Waals surface area contributed by atoms with Gasteiger partial charge in [-0.2, -0.15) is 0 Å². The predicted molar refractivity (Wildman–Crippen MR) is 59.6 cm³/mol. The maximum atomic E-state index is 3.77. The fourth-order valence-electron chi connectivity index (χ4n) is 0.724. The lowest BCUT2D eigenvalue weighted by atomic mass is 9.81. The maximum absolute atomic E-state index is 3.77. The van der Waals surface area contributed by atoms with Gasteiger partial charge in [0, 0.05) is 17.6 Å². The Morgan fingerprint density at radius 1 is 1.50 bits per heavy atom. The molecule has 0 atom stereocenters. The molecule has 0 aliphatic heterocycles. The second-order valence-corrected chi connectivity index (χ2v) is 5.39. The van der Waals surface area contributed by atoms with Gasteiger partial charge in [-0.3, -0.25) is 0 Å². The minimum atomic E-state index is 0.364. The molecule has 1 N–H and O–H groups in total. The number of halogens is 1. The van der Waals surface area contributed by atoms with Gasteiger partial charge in [-0.1, -0.05) is 50.2 Å². The van der Waals surface area contributed by atoms with E-state index in [1.807, 2.05) is 0 Å². The van der Waals surface area contributed by atoms with E-state index in [0.717, 1.165) is 17.6 Å². The quantitative estimate of drug-likeness (QED) is 0.770. The van der Waals surface area contributed by atoms with Crippen LogP contribution in [0.25, 0.3) is 0 Å². The molecule has 2 heteroatoms. The third-order valence-corrected chi connectivity index (χ3v) is 2.74. The van der Waals surface area contributed by atoms with Gasteiger partial charge >= 0.3 is 0 Å². The smallest absolute Gasteiger partial charge is 0.0265 e. The van der Waals surface area contributed by atoms with Crippen molar-refractivity contribution in [2.45, 2.75) is 27.7 Å². The highest BCUT2D eigenvalue weighted by molar-refractivity contribution is 9.11. The van der Waals surface area contributed by atoms with Crippen LogP contribution in [0.2, 0.25) is 0 Å². The lowest BCUT2D eigenvalue weighted by Gasteiger charge is -2.29. The van der Waals surface area contributed by atoms with Gasteiger partial charge in [0.15, 0.2) is 0 Å². The van der Waals surface area contributed by atoms with E-state index < -0.39 is 0 Å². The molecule has 0 aliphatic rings. The zero-order valence-corrected chi connectivity index (χ0v) is 10.2. The van der Waals surface area contributed by atoms with Crippen molar-refractivity contribution in [3.8, 4) is 0 Å². The molecule has 0 spiro atoms. The molecule has 0 aromatic heterocycles. The zero-order chi connectivity index (χ0) is 9.78. The first-order valence-electron chi connectivity index (χ1n) is 4.40. The van der Waals surface area contributed by atoms with Gasteiger partial charge in [-0.05, 0) is 11.3 Å². The van der Waals surface area contributed by atoms with Crippen molar-refractivity contribution in [3.63, 3.8) is 0 Å². The lowest BCUT2D eigenvalue weighted by Crippen LogP contribution is -2.33. The van der Waals surface area contributed by atoms with Gasteiger partial charge in [-0.25, -0.2) is 0 Å². The summed E-state index contributed by atoms with van der Waals surface area (Å²) in [7, 11) is 0. The van der Waals surface area contributed by atoms with Gasteiger partial charge in [0.2, 0.25) is 0 Å². The Bertz CT molecular complexity index is 150. The highest BCUT2D eigenvalue weighted by atomic mass is 79.9. The van der Waals surface area contributed by atoms with Crippen LogP contribution in [0.5, 0.6) is 0 Å². The van der Waals surface area contributed by atoms with Gasteiger partial charge in [0.1, 0.15) is 0 Å². The van der Waals surface area contributed by atoms with Crippen LogP contribution in [0.1, 0.15) is 27.7 Å². The van der Waals surface area contributed by atoms with E-state index >= 15 is 0 Å². The first-order valence-corrected chi connectivity index (χ1v) is 5.19. The van der Waals surface area contributed by atoms with E-state index in [9.17, 15) is 0 Å². The molecule has 0 saturated carbocycles. The molecule has 72 valence electrons. The predicted octanol–water partition coefficient (Wildman–Crippen LogP) is 3.17. The van der Waals surface area contributed by atoms with Crippen LogP contribution in [0.4, 0.5) is 0 Å². The Morgan fingerprint density at radius 2 is 2.00 bits per heavy atom. The van der Waals surface area contributed by atoms with Crippen LogP contribution in [-0.4, -0.2) is 13.1 Å². The molecule has 0 amide bonds. The largest absolute Gasteiger partial charge is 0.312 e. The van der Waals surface area contributed by atoms with E-state index in [4.69, 9.17) is 0 Å². The first-order chi connectivity index (χ1) is 5.36. The molecule has 1 nitrogen and oxygen atoms in total. The summed E-state index contributed by atoms with van der Waals surface area (Å²) in [6.45, 7) is 14.7. The van der Waals surface area contributed by atoms with Gasteiger partial charge < -0.3 is 5.32 Å². The van der Waals surface area contributed by atoms with Gasteiger partial charge in [0.25, 0.3) is 0 Å². The Labute approximate surface area is 84.8 Å². The number of hydrogen-bond acceptors (Lipinski definition) is 1. The average Bonchev–Trinajstić information content (AvgIpc) is 1.85. The Morgan fingerprint density at radius 3 is 2.33 bits per heavy atom.